The van der Waals surface area contributed by atoms with Crippen LogP contribution in [0.5, 0.6) is 0 Å². The number of halogens is 2. The van der Waals surface area contributed by atoms with Crippen molar-refractivity contribution in [3.8, 4) is 11.5 Å². The highest BCUT2D eigenvalue weighted by molar-refractivity contribution is 7.98. The summed E-state index contributed by atoms with van der Waals surface area (Å²) in [4.78, 5) is 0. The van der Waals surface area contributed by atoms with Crippen LogP contribution in [0.25, 0.3) is 11.5 Å². The molecule has 3 nitrogen and oxygen atoms in total. The van der Waals surface area contributed by atoms with Gasteiger partial charge in [0, 0.05) is 5.75 Å². The Labute approximate surface area is 124 Å². The second-order valence-electron chi connectivity index (χ2n) is 4.23. The van der Waals surface area contributed by atoms with Crippen LogP contribution in [-0.2, 0) is 5.75 Å². The van der Waals surface area contributed by atoms with E-state index in [0.29, 0.717) is 11.3 Å². The fraction of sp³-hybridized carbons (Fsp3) is 0.0667. The molecular weight excluding hydrogens is 294 g/mol. The second kappa shape index (κ2) is 6.05. The summed E-state index contributed by atoms with van der Waals surface area (Å²) in [5.41, 5.74) is 0.802. The largest absolute Gasteiger partial charge is 0.411 e. The maximum absolute atomic E-state index is 13.6. The van der Waals surface area contributed by atoms with E-state index in [0.717, 1.165) is 0 Å². The van der Waals surface area contributed by atoms with Crippen LogP contribution in [0.2, 0.25) is 0 Å². The first-order chi connectivity index (χ1) is 10.2. The summed E-state index contributed by atoms with van der Waals surface area (Å²) in [6.07, 6.45) is 0. The first kappa shape index (κ1) is 13.8. The molecule has 0 amide bonds. The van der Waals surface area contributed by atoms with Crippen molar-refractivity contribution in [2.24, 2.45) is 0 Å². The highest BCUT2D eigenvalue weighted by atomic mass is 32.2. The van der Waals surface area contributed by atoms with Gasteiger partial charge in [-0.1, -0.05) is 42.1 Å². The van der Waals surface area contributed by atoms with Gasteiger partial charge in [-0.15, -0.1) is 10.2 Å². The standard InChI is InChI=1S/C15H10F2N2OS/c16-12-7-3-1-5-10(12)9-21-15-19-18-14(20-15)11-6-2-4-8-13(11)17/h1-8H,9H2. The fourth-order valence-electron chi connectivity index (χ4n) is 1.77. The molecule has 0 atom stereocenters. The molecule has 6 heteroatoms. The maximum Gasteiger partial charge on any atom is 0.277 e. The molecule has 106 valence electrons. The molecule has 0 saturated heterocycles. The zero-order chi connectivity index (χ0) is 14.7. The molecule has 0 radical (unpaired) electrons. The summed E-state index contributed by atoms with van der Waals surface area (Å²) in [5.74, 6) is -0.222. The number of hydrogen-bond acceptors (Lipinski definition) is 4. The monoisotopic (exact) mass is 304 g/mol. The molecule has 0 saturated carbocycles. The molecule has 1 aromatic heterocycles. The SMILES string of the molecule is Fc1ccccc1CSc1nnc(-c2ccccc2F)o1. The molecule has 0 spiro atoms. The molecule has 0 unspecified atom stereocenters. The van der Waals surface area contributed by atoms with Gasteiger partial charge in [0.25, 0.3) is 11.1 Å². The lowest BCUT2D eigenvalue weighted by atomic mass is 10.2. The topological polar surface area (TPSA) is 38.9 Å². The van der Waals surface area contributed by atoms with Gasteiger partial charge >= 0.3 is 0 Å². The summed E-state index contributed by atoms with van der Waals surface area (Å²) < 4.78 is 32.5. The summed E-state index contributed by atoms with van der Waals surface area (Å²) >= 11 is 1.21. The molecule has 3 rings (SSSR count). The van der Waals surface area contributed by atoms with Gasteiger partial charge in [-0.25, -0.2) is 8.78 Å². The van der Waals surface area contributed by atoms with E-state index in [1.807, 2.05) is 0 Å². The maximum atomic E-state index is 13.6. The lowest BCUT2D eigenvalue weighted by Gasteiger charge is -1.99. The third kappa shape index (κ3) is 3.11. The molecule has 21 heavy (non-hydrogen) atoms. The van der Waals surface area contributed by atoms with Gasteiger partial charge in [-0.2, -0.15) is 0 Å². The molecule has 0 aliphatic rings. The number of hydrogen-bond donors (Lipinski definition) is 0. The summed E-state index contributed by atoms with van der Waals surface area (Å²) in [5, 5.41) is 7.92. The van der Waals surface area contributed by atoms with Crippen LogP contribution in [-0.4, -0.2) is 10.2 Å². The molecule has 0 aliphatic heterocycles. The van der Waals surface area contributed by atoms with Crippen LogP contribution < -0.4 is 0 Å². The normalized spacial score (nSPS) is 10.8. The average molecular weight is 304 g/mol. The first-order valence-electron chi connectivity index (χ1n) is 6.18. The minimum atomic E-state index is -0.424. The van der Waals surface area contributed by atoms with Crippen molar-refractivity contribution in [1.29, 1.82) is 0 Å². The van der Waals surface area contributed by atoms with E-state index >= 15 is 0 Å². The molecule has 0 N–H and O–H groups in total. The number of benzene rings is 2. The van der Waals surface area contributed by atoms with E-state index in [1.165, 1.54) is 23.9 Å². The lowest BCUT2D eigenvalue weighted by molar-refractivity contribution is 0.462. The van der Waals surface area contributed by atoms with Crippen molar-refractivity contribution in [3.63, 3.8) is 0 Å². The quantitative estimate of drug-likeness (QED) is 0.673. The predicted octanol–water partition coefficient (Wildman–Crippen LogP) is 4.31. The van der Waals surface area contributed by atoms with Crippen molar-refractivity contribution < 1.29 is 13.2 Å². The van der Waals surface area contributed by atoms with E-state index in [9.17, 15) is 8.78 Å². The van der Waals surface area contributed by atoms with Gasteiger partial charge in [0.2, 0.25) is 0 Å². The Hall–Kier alpha value is -2.21. The van der Waals surface area contributed by atoms with Crippen LogP contribution in [0, 0.1) is 11.6 Å². The Bertz CT molecular complexity index is 761. The molecule has 0 aliphatic carbocycles. The van der Waals surface area contributed by atoms with Crippen LogP contribution in [0.1, 0.15) is 5.56 Å². The van der Waals surface area contributed by atoms with Gasteiger partial charge in [0.05, 0.1) is 5.56 Å². The van der Waals surface area contributed by atoms with Crippen molar-refractivity contribution in [1.82, 2.24) is 10.2 Å². The first-order valence-corrected chi connectivity index (χ1v) is 7.17. The Kier molecular flexibility index (Phi) is 3.96. The summed E-state index contributed by atoms with van der Waals surface area (Å²) in [7, 11) is 0. The number of aromatic nitrogens is 2. The van der Waals surface area contributed by atoms with Crippen molar-refractivity contribution >= 4 is 11.8 Å². The highest BCUT2D eigenvalue weighted by Crippen LogP contribution is 2.27. The van der Waals surface area contributed by atoms with Crippen LogP contribution in [0.15, 0.2) is 58.2 Å². The molecule has 0 fully saturated rings. The Balaban J connectivity index is 1.74. The molecule has 0 bridgehead atoms. The third-order valence-corrected chi connectivity index (χ3v) is 3.69. The van der Waals surface area contributed by atoms with Gasteiger partial charge in [-0.05, 0) is 23.8 Å². The third-order valence-electron chi connectivity index (χ3n) is 2.82. The van der Waals surface area contributed by atoms with E-state index in [-0.39, 0.29) is 22.5 Å². The minimum absolute atomic E-state index is 0.115. The van der Waals surface area contributed by atoms with Crippen LogP contribution in [0.3, 0.4) is 0 Å². The zero-order valence-corrected chi connectivity index (χ0v) is 11.6. The summed E-state index contributed by atoms with van der Waals surface area (Å²) in [6.45, 7) is 0. The molecule has 2 aromatic carbocycles. The minimum Gasteiger partial charge on any atom is -0.411 e. The van der Waals surface area contributed by atoms with Crippen molar-refractivity contribution in [2.75, 3.05) is 0 Å². The van der Waals surface area contributed by atoms with Crippen LogP contribution >= 0.6 is 11.8 Å². The van der Waals surface area contributed by atoms with Gasteiger partial charge < -0.3 is 4.42 Å². The number of thioether (sulfide) groups is 1. The van der Waals surface area contributed by atoms with E-state index in [1.54, 1.807) is 36.4 Å². The number of rotatable bonds is 4. The smallest absolute Gasteiger partial charge is 0.277 e. The van der Waals surface area contributed by atoms with Gasteiger partial charge in [-0.3, -0.25) is 0 Å². The Morgan fingerprint density at radius 3 is 2.38 bits per heavy atom. The van der Waals surface area contributed by atoms with E-state index in [2.05, 4.69) is 10.2 Å². The zero-order valence-electron chi connectivity index (χ0n) is 10.8. The molecular formula is C15H10F2N2OS. The van der Waals surface area contributed by atoms with Gasteiger partial charge in [0.1, 0.15) is 11.6 Å². The second-order valence-corrected chi connectivity index (χ2v) is 5.16. The van der Waals surface area contributed by atoms with Crippen molar-refractivity contribution in [3.05, 3.63) is 65.7 Å². The average Bonchev–Trinajstić information content (AvgIpc) is 2.96. The predicted molar refractivity (Wildman–Crippen MR) is 75.7 cm³/mol. The van der Waals surface area contributed by atoms with Crippen LogP contribution in [0.4, 0.5) is 8.78 Å². The molecule has 3 aromatic rings. The number of nitrogens with zero attached hydrogens (tertiary/aromatic N) is 2. The highest BCUT2D eigenvalue weighted by Gasteiger charge is 2.13. The van der Waals surface area contributed by atoms with Gasteiger partial charge in [0.15, 0.2) is 0 Å². The van der Waals surface area contributed by atoms with E-state index < -0.39 is 5.82 Å². The Morgan fingerprint density at radius 2 is 1.62 bits per heavy atom. The van der Waals surface area contributed by atoms with Crippen molar-refractivity contribution in [2.45, 2.75) is 11.0 Å². The fourth-order valence-corrected chi connectivity index (χ4v) is 2.52. The van der Waals surface area contributed by atoms with E-state index in [4.69, 9.17) is 4.42 Å². The lowest BCUT2D eigenvalue weighted by Crippen LogP contribution is -1.86. The molecule has 1 heterocycles. The Morgan fingerprint density at radius 1 is 0.905 bits per heavy atom. The summed E-state index contributed by atoms with van der Waals surface area (Å²) in [6, 6.07) is 12.6.